The van der Waals surface area contributed by atoms with Gasteiger partial charge in [0.15, 0.2) is 4.32 Å². The molecule has 118 valence electrons. The number of benzene rings is 1. The van der Waals surface area contributed by atoms with Crippen molar-refractivity contribution in [2.24, 2.45) is 0 Å². The Morgan fingerprint density at radius 1 is 1.26 bits per heavy atom. The Balaban J connectivity index is 1.80. The van der Waals surface area contributed by atoms with Gasteiger partial charge in [-0.05, 0) is 42.7 Å². The first-order valence-electron chi connectivity index (χ1n) is 7.59. The van der Waals surface area contributed by atoms with E-state index in [1.54, 1.807) is 23.3 Å². The highest BCUT2D eigenvalue weighted by atomic mass is 32.2. The fraction of sp³-hybridized carbons (Fsp3) is 0.222. The SMILES string of the molecule is CCCCc1ccc(N2C(=O)C(=Cc3ccco3)SC2=S)cc1. The molecule has 23 heavy (non-hydrogen) atoms. The molecule has 3 nitrogen and oxygen atoms in total. The molecule has 0 bridgehead atoms. The molecule has 1 aliphatic heterocycles. The van der Waals surface area contributed by atoms with Gasteiger partial charge >= 0.3 is 0 Å². The molecule has 1 saturated heterocycles. The van der Waals surface area contributed by atoms with E-state index in [0.717, 1.165) is 12.1 Å². The van der Waals surface area contributed by atoms with Gasteiger partial charge in [-0.15, -0.1) is 0 Å². The number of aryl methyl sites for hydroxylation is 1. The molecular formula is C18H17NO2S2. The molecule has 2 aromatic rings. The standard InChI is InChI=1S/C18H17NO2S2/c1-2-3-5-13-7-9-14(10-8-13)19-17(20)16(23-18(19)22)12-15-6-4-11-21-15/h4,6-12H,2-3,5H2,1H3. The Morgan fingerprint density at radius 3 is 2.70 bits per heavy atom. The highest BCUT2D eigenvalue weighted by Crippen LogP contribution is 2.36. The van der Waals surface area contributed by atoms with Crippen LogP contribution < -0.4 is 4.90 Å². The molecule has 5 heteroatoms. The van der Waals surface area contributed by atoms with Crippen LogP contribution >= 0.6 is 24.0 Å². The van der Waals surface area contributed by atoms with Crippen molar-refractivity contribution < 1.29 is 9.21 Å². The molecule has 1 fully saturated rings. The summed E-state index contributed by atoms with van der Waals surface area (Å²) in [7, 11) is 0. The first kappa shape index (κ1) is 16.0. The molecule has 0 radical (unpaired) electrons. The normalized spacial score (nSPS) is 16.6. The molecule has 1 aliphatic rings. The number of amides is 1. The van der Waals surface area contributed by atoms with Gasteiger partial charge in [-0.3, -0.25) is 9.69 Å². The van der Waals surface area contributed by atoms with Crippen molar-refractivity contribution >= 4 is 46.0 Å². The smallest absolute Gasteiger partial charge is 0.270 e. The zero-order valence-electron chi connectivity index (χ0n) is 12.8. The van der Waals surface area contributed by atoms with Crippen molar-refractivity contribution in [1.82, 2.24) is 0 Å². The zero-order valence-corrected chi connectivity index (χ0v) is 14.5. The van der Waals surface area contributed by atoms with Crippen molar-refractivity contribution in [2.45, 2.75) is 26.2 Å². The van der Waals surface area contributed by atoms with Gasteiger partial charge in [0.05, 0.1) is 16.9 Å². The molecule has 0 unspecified atom stereocenters. The van der Waals surface area contributed by atoms with Crippen molar-refractivity contribution in [3.05, 3.63) is 58.9 Å². The Hall–Kier alpha value is -1.85. The van der Waals surface area contributed by atoms with E-state index in [4.69, 9.17) is 16.6 Å². The van der Waals surface area contributed by atoms with Crippen LogP contribution in [-0.4, -0.2) is 10.2 Å². The summed E-state index contributed by atoms with van der Waals surface area (Å²) in [5.74, 6) is 0.554. The van der Waals surface area contributed by atoms with Gasteiger partial charge in [-0.2, -0.15) is 0 Å². The number of carbonyl (C=O) groups is 1. The Kier molecular flexibility index (Phi) is 4.98. The van der Waals surface area contributed by atoms with E-state index < -0.39 is 0 Å². The average Bonchev–Trinajstić information content (AvgIpc) is 3.15. The molecule has 0 aliphatic carbocycles. The lowest BCUT2D eigenvalue weighted by atomic mass is 10.1. The summed E-state index contributed by atoms with van der Waals surface area (Å²) in [6.07, 6.45) is 6.73. The number of unbranched alkanes of at least 4 members (excludes halogenated alkanes) is 1. The molecule has 0 atom stereocenters. The quantitative estimate of drug-likeness (QED) is 0.563. The van der Waals surface area contributed by atoms with Crippen molar-refractivity contribution in [3.8, 4) is 0 Å². The molecule has 0 spiro atoms. The molecule has 0 N–H and O–H groups in total. The number of nitrogens with zero attached hydrogens (tertiary/aromatic N) is 1. The van der Waals surface area contributed by atoms with Gasteiger partial charge < -0.3 is 4.42 Å². The number of thioether (sulfide) groups is 1. The van der Waals surface area contributed by atoms with E-state index in [1.807, 2.05) is 18.2 Å². The number of thiocarbonyl (C=S) groups is 1. The van der Waals surface area contributed by atoms with Crippen LogP contribution in [0.15, 0.2) is 52.0 Å². The predicted octanol–water partition coefficient (Wildman–Crippen LogP) is 5.03. The van der Waals surface area contributed by atoms with E-state index in [0.29, 0.717) is 15.0 Å². The average molecular weight is 343 g/mol. The van der Waals surface area contributed by atoms with Gasteiger partial charge in [0.1, 0.15) is 5.76 Å². The first-order chi connectivity index (χ1) is 11.2. The van der Waals surface area contributed by atoms with Crippen LogP contribution in [0.3, 0.4) is 0 Å². The third-order valence-electron chi connectivity index (χ3n) is 3.62. The van der Waals surface area contributed by atoms with E-state index in [1.165, 1.54) is 30.2 Å². The van der Waals surface area contributed by atoms with Crippen molar-refractivity contribution in [1.29, 1.82) is 0 Å². The van der Waals surface area contributed by atoms with Crippen LogP contribution in [0.2, 0.25) is 0 Å². The second kappa shape index (κ2) is 7.15. The molecule has 1 aromatic heterocycles. The molecular weight excluding hydrogens is 326 g/mol. The Labute approximate surface area is 145 Å². The van der Waals surface area contributed by atoms with Crippen LogP contribution in [0.5, 0.6) is 0 Å². The van der Waals surface area contributed by atoms with Crippen LogP contribution in [-0.2, 0) is 11.2 Å². The highest BCUT2D eigenvalue weighted by molar-refractivity contribution is 8.27. The van der Waals surface area contributed by atoms with Gasteiger partial charge in [-0.25, -0.2) is 0 Å². The minimum atomic E-state index is -0.0993. The number of rotatable bonds is 5. The molecule has 0 saturated carbocycles. The van der Waals surface area contributed by atoms with E-state index in [9.17, 15) is 4.79 Å². The summed E-state index contributed by atoms with van der Waals surface area (Å²) in [5, 5.41) is 0. The van der Waals surface area contributed by atoms with Gasteiger partial charge in [0.2, 0.25) is 0 Å². The van der Waals surface area contributed by atoms with Crippen LogP contribution in [0.1, 0.15) is 31.1 Å². The topological polar surface area (TPSA) is 33.5 Å². The third kappa shape index (κ3) is 3.57. The van der Waals surface area contributed by atoms with E-state index in [-0.39, 0.29) is 5.91 Å². The Morgan fingerprint density at radius 2 is 2.04 bits per heavy atom. The number of furan rings is 1. The number of hydrogen-bond donors (Lipinski definition) is 0. The lowest BCUT2D eigenvalue weighted by Crippen LogP contribution is -2.27. The molecule has 1 amide bonds. The summed E-state index contributed by atoms with van der Waals surface area (Å²) < 4.78 is 5.82. The summed E-state index contributed by atoms with van der Waals surface area (Å²) in [6, 6.07) is 11.7. The van der Waals surface area contributed by atoms with Crippen LogP contribution in [0.4, 0.5) is 5.69 Å². The van der Waals surface area contributed by atoms with E-state index in [2.05, 4.69) is 19.1 Å². The lowest BCUT2D eigenvalue weighted by molar-refractivity contribution is -0.113. The Bertz CT molecular complexity index is 733. The minimum Gasteiger partial charge on any atom is -0.465 e. The third-order valence-corrected chi connectivity index (χ3v) is 4.93. The van der Waals surface area contributed by atoms with Gasteiger partial charge in [0.25, 0.3) is 5.91 Å². The maximum absolute atomic E-state index is 12.6. The van der Waals surface area contributed by atoms with Gasteiger partial charge in [-0.1, -0.05) is 49.5 Å². The number of hydrogen-bond acceptors (Lipinski definition) is 4. The summed E-state index contributed by atoms with van der Waals surface area (Å²) in [6.45, 7) is 2.18. The summed E-state index contributed by atoms with van der Waals surface area (Å²) in [5.41, 5.74) is 2.10. The predicted molar refractivity (Wildman–Crippen MR) is 99.4 cm³/mol. The van der Waals surface area contributed by atoms with Crippen molar-refractivity contribution in [2.75, 3.05) is 4.90 Å². The maximum Gasteiger partial charge on any atom is 0.270 e. The first-order valence-corrected chi connectivity index (χ1v) is 8.82. The maximum atomic E-state index is 12.6. The largest absolute Gasteiger partial charge is 0.465 e. The highest BCUT2D eigenvalue weighted by Gasteiger charge is 2.33. The number of anilines is 1. The fourth-order valence-corrected chi connectivity index (χ4v) is 3.66. The summed E-state index contributed by atoms with van der Waals surface area (Å²) in [4.78, 5) is 14.8. The second-order valence-electron chi connectivity index (χ2n) is 5.30. The summed E-state index contributed by atoms with van der Waals surface area (Å²) >= 11 is 6.67. The molecule has 1 aromatic carbocycles. The van der Waals surface area contributed by atoms with Crippen LogP contribution in [0, 0.1) is 0 Å². The van der Waals surface area contributed by atoms with Crippen molar-refractivity contribution in [3.63, 3.8) is 0 Å². The van der Waals surface area contributed by atoms with Crippen LogP contribution in [0.25, 0.3) is 6.08 Å². The second-order valence-corrected chi connectivity index (χ2v) is 6.98. The minimum absolute atomic E-state index is 0.0993. The van der Waals surface area contributed by atoms with E-state index >= 15 is 0 Å². The lowest BCUT2D eigenvalue weighted by Gasteiger charge is -2.15. The molecule has 2 heterocycles. The zero-order chi connectivity index (χ0) is 16.2. The monoisotopic (exact) mass is 343 g/mol. The molecule has 3 rings (SSSR count). The number of carbonyl (C=O) groups excluding carboxylic acids is 1. The fourth-order valence-electron chi connectivity index (χ4n) is 2.39. The van der Waals surface area contributed by atoms with Gasteiger partial charge in [0, 0.05) is 6.08 Å².